The number of likely N-dealkylation sites (N-methyl/N-ethyl adjacent to an activating group) is 1. The standard InChI is InChI=1S/C14H22N2/c1-2-15-14(9-8-12-6-7-12)11-13-5-3-4-10-16-13/h3-5,10,12,14-15H,2,6-9,11H2,1H3. The zero-order valence-corrected chi connectivity index (χ0v) is 10.2. The van der Waals surface area contributed by atoms with Gasteiger partial charge in [-0.2, -0.15) is 0 Å². The lowest BCUT2D eigenvalue weighted by atomic mass is 10.0. The van der Waals surface area contributed by atoms with Gasteiger partial charge in [-0.1, -0.05) is 25.8 Å². The predicted molar refractivity (Wildman–Crippen MR) is 67.4 cm³/mol. The van der Waals surface area contributed by atoms with E-state index in [0.29, 0.717) is 6.04 Å². The Labute approximate surface area is 98.5 Å². The van der Waals surface area contributed by atoms with Crippen LogP contribution in [-0.4, -0.2) is 17.6 Å². The van der Waals surface area contributed by atoms with Crippen LogP contribution in [0.3, 0.4) is 0 Å². The largest absolute Gasteiger partial charge is 0.314 e. The van der Waals surface area contributed by atoms with Gasteiger partial charge in [0.2, 0.25) is 0 Å². The van der Waals surface area contributed by atoms with Gasteiger partial charge < -0.3 is 5.32 Å². The van der Waals surface area contributed by atoms with Crippen molar-refractivity contribution in [2.75, 3.05) is 6.54 Å². The molecule has 2 rings (SSSR count). The number of nitrogens with one attached hydrogen (secondary N) is 1. The summed E-state index contributed by atoms with van der Waals surface area (Å²) in [6, 6.07) is 6.80. The van der Waals surface area contributed by atoms with E-state index in [2.05, 4.69) is 29.4 Å². The molecule has 0 radical (unpaired) electrons. The summed E-state index contributed by atoms with van der Waals surface area (Å²) in [7, 11) is 0. The van der Waals surface area contributed by atoms with Crippen molar-refractivity contribution < 1.29 is 0 Å². The van der Waals surface area contributed by atoms with Crippen molar-refractivity contribution in [2.24, 2.45) is 5.92 Å². The average molecular weight is 218 g/mol. The maximum atomic E-state index is 4.40. The van der Waals surface area contributed by atoms with Crippen LogP contribution in [0.2, 0.25) is 0 Å². The van der Waals surface area contributed by atoms with Gasteiger partial charge in [-0.25, -0.2) is 0 Å². The van der Waals surface area contributed by atoms with Crippen LogP contribution in [0.1, 0.15) is 38.3 Å². The fraction of sp³-hybridized carbons (Fsp3) is 0.643. The van der Waals surface area contributed by atoms with Gasteiger partial charge >= 0.3 is 0 Å². The minimum absolute atomic E-state index is 0.612. The Bertz CT molecular complexity index is 293. The minimum atomic E-state index is 0.612. The molecule has 2 nitrogen and oxygen atoms in total. The highest BCUT2D eigenvalue weighted by molar-refractivity contribution is 5.05. The molecule has 1 saturated carbocycles. The summed E-state index contributed by atoms with van der Waals surface area (Å²) in [6.45, 7) is 3.24. The Hall–Kier alpha value is -0.890. The maximum Gasteiger partial charge on any atom is 0.0419 e. The number of aromatic nitrogens is 1. The summed E-state index contributed by atoms with van der Waals surface area (Å²) in [6.07, 6.45) is 8.57. The smallest absolute Gasteiger partial charge is 0.0419 e. The molecular weight excluding hydrogens is 196 g/mol. The fourth-order valence-corrected chi connectivity index (χ4v) is 2.18. The third-order valence-electron chi connectivity index (χ3n) is 3.29. The molecule has 1 aromatic heterocycles. The second-order valence-electron chi connectivity index (χ2n) is 4.80. The molecule has 16 heavy (non-hydrogen) atoms. The molecule has 1 heterocycles. The maximum absolute atomic E-state index is 4.40. The molecule has 0 saturated heterocycles. The number of pyridine rings is 1. The van der Waals surface area contributed by atoms with Crippen LogP contribution >= 0.6 is 0 Å². The summed E-state index contributed by atoms with van der Waals surface area (Å²) in [5.74, 6) is 1.03. The first-order valence-electron chi connectivity index (χ1n) is 6.51. The van der Waals surface area contributed by atoms with Crippen LogP contribution in [0.25, 0.3) is 0 Å². The topological polar surface area (TPSA) is 24.9 Å². The van der Waals surface area contributed by atoms with E-state index in [1.165, 1.54) is 31.4 Å². The van der Waals surface area contributed by atoms with Crippen LogP contribution in [0.15, 0.2) is 24.4 Å². The van der Waals surface area contributed by atoms with Crippen LogP contribution in [-0.2, 0) is 6.42 Å². The lowest BCUT2D eigenvalue weighted by molar-refractivity contribution is 0.459. The molecule has 0 amide bonds. The van der Waals surface area contributed by atoms with Crippen molar-refractivity contribution in [3.63, 3.8) is 0 Å². The van der Waals surface area contributed by atoms with Gasteiger partial charge in [0.15, 0.2) is 0 Å². The molecule has 0 aromatic carbocycles. The summed E-state index contributed by atoms with van der Waals surface area (Å²) in [4.78, 5) is 4.40. The van der Waals surface area contributed by atoms with Gasteiger partial charge in [0.05, 0.1) is 0 Å². The quantitative estimate of drug-likeness (QED) is 0.761. The molecule has 88 valence electrons. The molecule has 1 N–H and O–H groups in total. The van der Waals surface area contributed by atoms with Gasteiger partial charge in [-0.15, -0.1) is 0 Å². The molecule has 0 aliphatic heterocycles. The monoisotopic (exact) mass is 218 g/mol. The molecule has 1 aliphatic rings. The Kier molecular flexibility index (Phi) is 4.34. The summed E-state index contributed by atoms with van der Waals surface area (Å²) >= 11 is 0. The first-order valence-corrected chi connectivity index (χ1v) is 6.51. The third kappa shape index (κ3) is 3.93. The van der Waals surface area contributed by atoms with E-state index in [4.69, 9.17) is 0 Å². The Morgan fingerprint density at radius 1 is 1.44 bits per heavy atom. The van der Waals surface area contributed by atoms with E-state index in [1.807, 2.05) is 12.3 Å². The third-order valence-corrected chi connectivity index (χ3v) is 3.29. The highest BCUT2D eigenvalue weighted by Gasteiger charge is 2.22. The van der Waals surface area contributed by atoms with Crippen LogP contribution in [0.4, 0.5) is 0 Å². The van der Waals surface area contributed by atoms with Crippen molar-refractivity contribution in [3.8, 4) is 0 Å². The molecule has 0 spiro atoms. The van der Waals surface area contributed by atoms with Gasteiger partial charge in [-0.3, -0.25) is 4.98 Å². The van der Waals surface area contributed by atoms with E-state index < -0.39 is 0 Å². The van der Waals surface area contributed by atoms with Crippen molar-refractivity contribution in [1.29, 1.82) is 0 Å². The van der Waals surface area contributed by atoms with Crippen LogP contribution in [0, 0.1) is 5.92 Å². The van der Waals surface area contributed by atoms with Crippen molar-refractivity contribution in [2.45, 2.75) is 45.1 Å². The number of nitrogens with zero attached hydrogens (tertiary/aromatic N) is 1. The SMILES string of the molecule is CCNC(CCC1CC1)Cc1ccccn1. The van der Waals surface area contributed by atoms with Gasteiger partial charge in [0, 0.05) is 24.4 Å². The second kappa shape index (κ2) is 6.00. The lowest BCUT2D eigenvalue weighted by Crippen LogP contribution is -2.31. The summed E-state index contributed by atoms with van der Waals surface area (Å²) in [5, 5.41) is 3.57. The molecule has 0 bridgehead atoms. The van der Waals surface area contributed by atoms with Crippen molar-refractivity contribution in [1.82, 2.24) is 10.3 Å². The highest BCUT2D eigenvalue weighted by Crippen LogP contribution is 2.34. The van der Waals surface area contributed by atoms with Crippen molar-refractivity contribution in [3.05, 3.63) is 30.1 Å². The van der Waals surface area contributed by atoms with Crippen LogP contribution < -0.4 is 5.32 Å². The Morgan fingerprint density at radius 3 is 2.94 bits per heavy atom. The Balaban J connectivity index is 1.80. The second-order valence-corrected chi connectivity index (χ2v) is 4.80. The Morgan fingerprint density at radius 2 is 2.31 bits per heavy atom. The first-order chi connectivity index (χ1) is 7.88. The summed E-state index contributed by atoms with van der Waals surface area (Å²) < 4.78 is 0. The fourth-order valence-electron chi connectivity index (χ4n) is 2.18. The zero-order valence-electron chi connectivity index (χ0n) is 10.2. The lowest BCUT2D eigenvalue weighted by Gasteiger charge is -2.17. The molecule has 1 fully saturated rings. The van der Waals surface area contributed by atoms with E-state index >= 15 is 0 Å². The highest BCUT2D eigenvalue weighted by atomic mass is 14.9. The van der Waals surface area contributed by atoms with E-state index in [1.54, 1.807) is 0 Å². The average Bonchev–Trinajstić information content (AvgIpc) is 3.11. The summed E-state index contributed by atoms with van der Waals surface area (Å²) in [5.41, 5.74) is 1.21. The predicted octanol–water partition coefficient (Wildman–Crippen LogP) is 2.79. The van der Waals surface area contributed by atoms with Gasteiger partial charge in [0.1, 0.15) is 0 Å². The molecule has 1 aliphatic carbocycles. The first kappa shape index (κ1) is 11.6. The van der Waals surface area contributed by atoms with E-state index in [-0.39, 0.29) is 0 Å². The van der Waals surface area contributed by atoms with Crippen LogP contribution in [0.5, 0.6) is 0 Å². The molecular formula is C14H22N2. The minimum Gasteiger partial charge on any atom is -0.314 e. The molecule has 1 aromatic rings. The van der Waals surface area contributed by atoms with E-state index in [9.17, 15) is 0 Å². The normalized spacial score (nSPS) is 17.3. The molecule has 2 heteroatoms. The number of rotatable bonds is 7. The van der Waals surface area contributed by atoms with Gasteiger partial charge in [0.25, 0.3) is 0 Å². The molecule has 1 atom stereocenters. The van der Waals surface area contributed by atoms with Crippen molar-refractivity contribution >= 4 is 0 Å². The number of hydrogen-bond acceptors (Lipinski definition) is 2. The van der Waals surface area contributed by atoms with E-state index in [0.717, 1.165) is 18.9 Å². The molecule has 1 unspecified atom stereocenters. The number of hydrogen-bond donors (Lipinski definition) is 1. The zero-order chi connectivity index (χ0) is 11.2. The van der Waals surface area contributed by atoms with Gasteiger partial charge in [-0.05, 0) is 37.4 Å².